The van der Waals surface area contributed by atoms with Gasteiger partial charge in [0.25, 0.3) is 0 Å². The zero-order chi connectivity index (χ0) is 8.43. The Hall–Kier alpha value is 0.160. The van der Waals surface area contributed by atoms with Crippen molar-refractivity contribution in [2.75, 3.05) is 0 Å². The molecule has 2 N–H and O–H groups in total. The van der Waals surface area contributed by atoms with Crippen LogP contribution in [0.25, 0.3) is 0 Å². The minimum absolute atomic E-state index is 0.239. The van der Waals surface area contributed by atoms with E-state index in [2.05, 4.69) is 22.6 Å². The van der Waals surface area contributed by atoms with Crippen LogP contribution in [0, 0.1) is 5.92 Å². The van der Waals surface area contributed by atoms with E-state index in [0.29, 0.717) is 12.8 Å². The van der Waals surface area contributed by atoms with Gasteiger partial charge in [0, 0.05) is 3.92 Å². The molecule has 1 aliphatic carbocycles. The summed E-state index contributed by atoms with van der Waals surface area (Å²) in [5.41, 5.74) is 0. The molecule has 1 aliphatic rings. The van der Waals surface area contributed by atoms with E-state index in [0.717, 1.165) is 6.42 Å². The fraction of sp³-hybridized carbons (Fsp3) is 0.857. The molecule has 0 unspecified atom stereocenters. The summed E-state index contributed by atoms with van der Waals surface area (Å²) in [4.78, 5) is 10.5. The Morgan fingerprint density at radius 2 is 2.09 bits per heavy atom. The molecule has 0 spiro atoms. The molecule has 1 rings (SSSR count). The largest absolute Gasteiger partial charge is 0.481 e. The van der Waals surface area contributed by atoms with Crippen molar-refractivity contribution in [1.82, 2.24) is 0 Å². The average Bonchev–Trinajstić information content (AvgIpc) is 1.94. The van der Waals surface area contributed by atoms with Crippen LogP contribution in [0.2, 0.25) is 0 Å². The summed E-state index contributed by atoms with van der Waals surface area (Å²) in [6.07, 6.45) is 1.52. The Kier molecular flexibility index (Phi) is 3.12. The first-order valence-corrected chi connectivity index (χ1v) is 4.90. The maximum atomic E-state index is 10.5. The first kappa shape index (κ1) is 9.25. The lowest BCUT2D eigenvalue weighted by molar-refractivity contribution is -0.143. The number of aliphatic hydroxyl groups excluding tert-OH is 1. The summed E-state index contributed by atoms with van der Waals surface area (Å²) < 4.78 is 0.239. The molecule has 0 aromatic carbocycles. The molecule has 64 valence electrons. The molecule has 3 atom stereocenters. The van der Waals surface area contributed by atoms with Crippen LogP contribution in [0.4, 0.5) is 0 Å². The van der Waals surface area contributed by atoms with Gasteiger partial charge in [0.05, 0.1) is 12.0 Å². The minimum atomic E-state index is -0.771. The van der Waals surface area contributed by atoms with Gasteiger partial charge in [-0.1, -0.05) is 22.6 Å². The number of hydrogen-bond acceptors (Lipinski definition) is 2. The number of carbonyl (C=O) groups is 1. The quantitative estimate of drug-likeness (QED) is 0.553. The van der Waals surface area contributed by atoms with Gasteiger partial charge in [-0.15, -0.1) is 0 Å². The smallest absolute Gasteiger partial charge is 0.306 e. The number of carboxylic acid groups (broad SMARTS) is 1. The first-order chi connectivity index (χ1) is 5.11. The second kappa shape index (κ2) is 3.71. The van der Waals surface area contributed by atoms with Gasteiger partial charge in [-0.25, -0.2) is 0 Å². The van der Waals surface area contributed by atoms with E-state index in [1.54, 1.807) is 0 Å². The molecule has 1 saturated carbocycles. The molecular weight excluding hydrogens is 259 g/mol. The highest BCUT2D eigenvalue weighted by atomic mass is 127. The third kappa shape index (κ3) is 2.30. The molecule has 3 nitrogen and oxygen atoms in total. The monoisotopic (exact) mass is 270 g/mol. The van der Waals surface area contributed by atoms with E-state index in [1.165, 1.54) is 0 Å². The maximum absolute atomic E-state index is 10.5. The molecule has 0 aromatic rings. The van der Waals surface area contributed by atoms with Crippen LogP contribution >= 0.6 is 22.6 Å². The number of aliphatic hydroxyl groups is 1. The molecular formula is C7H11IO3. The standard InChI is InChI=1S/C7H11IO3/c8-5-2-1-4(7(10)11)3-6(5)9/h4-6,9H,1-3H2,(H,10,11)/t4-,5-,6-/m1/s1. The number of aliphatic carboxylic acids is 1. The van der Waals surface area contributed by atoms with Crippen LogP contribution in [-0.4, -0.2) is 26.2 Å². The molecule has 0 bridgehead atoms. The molecule has 11 heavy (non-hydrogen) atoms. The van der Waals surface area contributed by atoms with Crippen molar-refractivity contribution in [3.8, 4) is 0 Å². The van der Waals surface area contributed by atoms with Gasteiger partial charge in [0.2, 0.25) is 0 Å². The highest BCUT2D eigenvalue weighted by Gasteiger charge is 2.30. The Labute approximate surface area is 78.9 Å². The van der Waals surface area contributed by atoms with Gasteiger partial charge in [-0.05, 0) is 19.3 Å². The molecule has 0 heterocycles. The summed E-state index contributed by atoms with van der Waals surface area (Å²) in [6.45, 7) is 0. The van der Waals surface area contributed by atoms with E-state index in [-0.39, 0.29) is 9.84 Å². The Morgan fingerprint density at radius 1 is 1.45 bits per heavy atom. The zero-order valence-electron chi connectivity index (χ0n) is 6.03. The third-order valence-corrected chi connectivity index (χ3v) is 3.54. The van der Waals surface area contributed by atoms with Crippen LogP contribution < -0.4 is 0 Å². The minimum Gasteiger partial charge on any atom is -0.481 e. The second-order valence-electron chi connectivity index (χ2n) is 2.93. The summed E-state index contributed by atoms with van der Waals surface area (Å²) in [6, 6.07) is 0. The third-order valence-electron chi connectivity index (χ3n) is 2.08. The van der Waals surface area contributed by atoms with Gasteiger partial charge in [-0.3, -0.25) is 4.79 Å². The highest BCUT2D eigenvalue weighted by Crippen LogP contribution is 2.29. The number of carboxylic acids is 1. The van der Waals surface area contributed by atoms with Crippen molar-refractivity contribution >= 4 is 28.6 Å². The topological polar surface area (TPSA) is 57.5 Å². The molecule has 4 heteroatoms. The SMILES string of the molecule is O=C(O)[C@@H]1CC[C@@H](I)[C@H](O)C1. The van der Waals surface area contributed by atoms with Crippen molar-refractivity contribution in [3.63, 3.8) is 0 Å². The number of hydrogen-bond donors (Lipinski definition) is 2. The predicted molar refractivity (Wildman–Crippen MR) is 48.8 cm³/mol. The maximum Gasteiger partial charge on any atom is 0.306 e. The summed E-state index contributed by atoms with van der Waals surface area (Å²) in [7, 11) is 0. The van der Waals surface area contributed by atoms with E-state index in [9.17, 15) is 9.90 Å². The van der Waals surface area contributed by atoms with E-state index >= 15 is 0 Å². The Morgan fingerprint density at radius 3 is 2.55 bits per heavy atom. The predicted octanol–water partition coefficient (Wildman–Crippen LogP) is 1.04. The summed E-state index contributed by atoms with van der Waals surface area (Å²) in [5, 5.41) is 18.0. The fourth-order valence-electron chi connectivity index (χ4n) is 1.33. The van der Waals surface area contributed by atoms with E-state index in [1.807, 2.05) is 0 Å². The van der Waals surface area contributed by atoms with Crippen molar-refractivity contribution in [2.45, 2.75) is 29.3 Å². The first-order valence-electron chi connectivity index (χ1n) is 3.66. The molecule has 0 aliphatic heterocycles. The molecule has 0 saturated heterocycles. The fourth-order valence-corrected chi connectivity index (χ4v) is 1.99. The van der Waals surface area contributed by atoms with Crippen LogP contribution in [-0.2, 0) is 4.79 Å². The van der Waals surface area contributed by atoms with Crippen molar-refractivity contribution in [3.05, 3.63) is 0 Å². The second-order valence-corrected chi connectivity index (χ2v) is 4.53. The van der Waals surface area contributed by atoms with Gasteiger partial charge in [0.1, 0.15) is 0 Å². The Balaban J connectivity index is 2.46. The summed E-state index contributed by atoms with van der Waals surface area (Å²) >= 11 is 2.17. The lowest BCUT2D eigenvalue weighted by Crippen LogP contribution is -2.32. The van der Waals surface area contributed by atoms with Gasteiger partial charge in [0.15, 0.2) is 0 Å². The van der Waals surface area contributed by atoms with Crippen molar-refractivity contribution in [1.29, 1.82) is 0 Å². The number of rotatable bonds is 1. The summed E-state index contributed by atoms with van der Waals surface area (Å²) in [5.74, 6) is -1.09. The van der Waals surface area contributed by atoms with Crippen LogP contribution in [0.3, 0.4) is 0 Å². The number of alkyl halides is 1. The van der Waals surface area contributed by atoms with Crippen molar-refractivity contribution < 1.29 is 15.0 Å². The molecule has 0 radical (unpaired) electrons. The van der Waals surface area contributed by atoms with Crippen molar-refractivity contribution in [2.24, 2.45) is 5.92 Å². The number of halogens is 1. The van der Waals surface area contributed by atoms with Gasteiger partial charge < -0.3 is 10.2 Å². The van der Waals surface area contributed by atoms with Gasteiger partial charge >= 0.3 is 5.97 Å². The normalized spacial score (nSPS) is 38.5. The van der Waals surface area contributed by atoms with Crippen LogP contribution in [0.1, 0.15) is 19.3 Å². The molecule has 0 aromatic heterocycles. The van der Waals surface area contributed by atoms with Gasteiger partial charge in [-0.2, -0.15) is 0 Å². The van der Waals surface area contributed by atoms with Crippen LogP contribution in [0.5, 0.6) is 0 Å². The lowest BCUT2D eigenvalue weighted by atomic mass is 9.87. The average molecular weight is 270 g/mol. The highest BCUT2D eigenvalue weighted by molar-refractivity contribution is 14.1. The van der Waals surface area contributed by atoms with E-state index < -0.39 is 12.1 Å². The Bertz CT molecular complexity index is 160. The van der Waals surface area contributed by atoms with Crippen LogP contribution in [0.15, 0.2) is 0 Å². The molecule has 1 fully saturated rings. The van der Waals surface area contributed by atoms with E-state index in [4.69, 9.17) is 5.11 Å². The molecule has 0 amide bonds. The lowest BCUT2D eigenvalue weighted by Gasteiger charge is -2.27. The zero-order valence-corrected chi connectivity index (χ0v) is 8.19.